The lowest BCUT2D eigenvalue weighted by Crippen LogP contribution is -2.32. The van der Waals surface area contributed by atoms with Crippen LogP contribution in [0.15, 0.2) is 52.2 Å². The lowest BCUT2D eigenvalue weighted by atomic mass is 10.1. The van der Waals surface area contributed by atoms with E-state index in [4.69, 9.17) is 16.3 Å². The number of aromatic nitrogens is 2. The number of aliphatic hydroxyl groups is 1. The van der Waals surface area contributed by atoms with Crippen LogP contribution in [0.5, 0.6) is 0 Å². The van der Waals surface area contributed by atoms with E-state index in [2.05, 4.69) is 30.9 Å². The summed E-state index contributed by atoms with van der Waals surface area (Å²) in [5.41, 5.74) is -0.269. The van der Waals surface area contributed by atoms with Crippen LogP contribution in [-0.2, 0) is 16.9 Å². The smallest absolute Gasteiger partial charge is 0.227 e. The van der Waals surface area contributed by atoms with E-state index < -0.39 is 29.2 Å². The van der Waals surface area contributed by atoms with Crippen molar-refractivity contribution in [1.82, 2.24) is 9.97 Å². The first kappa shape index (κ1) is 27.1. The molecule has 6 nitrogen and oxygen atoms in total. The van der Waals surface area contributed by atoms with Crippen molar-refractivity contribution in [1.29, 1.82) is 0 Å². The molecule has 1 unspecified atom stereocenters. The molecular formula is C26H23BrClF3N4O2. The second-order valence-electron chi connectivity index (χ2n) is 9.00. The van der Waals surface area contributed by atoms with Crippen LogP contribution in [0.3, 0.4) is 0 Å². The van der Waals surface area contributed by atoms with Crippen LogP contribution in [0.4, 0.5) is 18.9 Å². The van der Waals surface area contributed by atoms with Gasteiger partial charge in [0.2, 0.25) is 5.90 Å². The molecule has 0 fully saturated rings. The lowest BCUT2D eigenvalue weighted by Gasteiger charge is -2.30. The fraction of sp³-hybridized carbons (Fsp3) is 0.269. The number of hydrogen-bond acceptors (Lipinski definition) is 6. The van der Waals surface area contributed by atoms with Gasteiger partial charge in [0.25, 0.3) is 0 Å². The van der Waals surface area contributed by atoms with Gasteiger partial charge in [-0.3, -0.25) is 0 Å². The summed E-state index contributed by atoms with van der Waals surface area (Å²) in [4.78, 5) is 14.4. The van der Waals surface area contributed by atoms with Crippen LogP contribution in [0.2, 0.25) is 5.02 Å². The Morgan fingerprint density at radius 1 is 1.16 bits per heavy atom. The minimum Gasteiger partial charge on any atom is -0.472 e. The van der Waals surface area contributed by atoms with Gasteiger partial charge in [0.1, 0.15) is 35.7 Å². The summed E-state index contributed by atoms with van der Waals surface area (Å²) >= 11 is 9.92. The fourth-order valence-corrected chi connectivity index (χ4v) is 4.31. The zero-order valence-corrected chi connectivity index (χ0v) is 22.7. The Bertz CT molecular complexity index is 1430. The van der Waals surface area contributed by atoms with E-state index in [-0.39, 0.29) is 35.1 Å². The van der Waals surface area contributed by atoms with Crippen molar-refractivity contribution >= 4 is 39.1 Å². The number of nitrogens with zero attached hydrogens (tertiary/aromatic N) is 4. The predicted molar refractivity (Wildman–Crippen MR) is 140 cm³/mol. The van der Waals surface area contributed by atoms with Crippen molar-refractivity contribution in [2.24, 2.45) is 4.99 Å². The van der Waals surface area contributed by atoms with Crippen LogP contribution in [0.1, 0.15) is 37.7 Å². The zero-order valence-electron chi connectivity index (χ0n) is 20.4. The van der Waals surface area contributed by atoms with Gasteiger partial charge in [0.15, 0.2) is 11.6 Å². The quantitative estimate of drug-likeness (QED) is 0.353. The lowest BCUT2D eigenvalue weighted by molar-refractivity contribution is 0.0686. The molecule has 1 atom stereocenters. The normalized spacial score (nSPS) is 15.9. The van der Waals surface area contributed by atoms with Crippen LogP contribution in [-0.4, -0.2) is 27.1 Å². The minimum absolute atomic E-state index is 0.0156. The first-order valence-electron chi connectivity index (χ1n) is 11.2. The molecule has 2 aromatic carbocycles. The van der Waals surface area contributed by atoms with Crippen molar-refractivity contribution < 1.29 is 23.0 Å². The highest BCUT2D eigenvalue weighted by molar-refractivity contribution is 9.12. The summed E-state index contributed by atoms with van der Waals surface area (Å²) in [6.45, 7) is 6.03. The van der Waals surface area contributed by atoms with Crippen molar-refractivity contribution in [3.05, 3.63) is 86.6 Å². The predicted octanol–water partition coefficient (Wildman–Crippen LogP) is 6.77. The van der Waals surface area contributed by atoms with Gasteiger partial charge in [-0.05, 0) is 67.9 Å². The summed E-state index contributed by atoms with van der Waals surface area (Å²) in [7, 11) is 0. The minimum atomic E-state index is -1.35. The van der Waals surface area contributed by atoms with Gasteiger partial charge in [-0.25, -0.2) is 28.1 Å². The second kappa shape index (κ2) is 10.4. The molecular weight excluding hydrogens is 573 g/mol. The number of benzene rings is 2. The van der Waals surface area contributed by atoms with Crippen LogP contribution < -0.4 is 4.90 Å². The molecule has 0 amide bonds. The zero-order chi connectivity index (χ0) is 27.1. The average Bonchev–Trinajstić information content (AvgIpc) is 2.84. The van der Waals surface area contributed by atoms with E-state index in [9.17, 15) is 18.3 Å². The molecule has 0 radical (unpaired) electrons. The van der Waals surface area contributed by atoms with E-state index >= 15 is 0 Å². The van der Waals surface area contributed by atoms with Crippen LogP contribution >= 0.6 is 27.5 Å². The van der Waals surface area contributed by atoms with E-state index in [1.807, 2.05) is 0 Å². The second-order valence-corrected chi connectivity index (χ2v) is 10.3. The molecule has 0 spiro atoms. The Hall–Kier alpha value is -2.95. The highest BCUT2D eigenvalue weighted by Crippen LogP contribution is 2.36. The van der Waals surface area contributed by atoms with Crippen molar-refractivity contribution in [3.63, 3.8) is 0 Å². The van der Waals surface area contributed by atoms with E-state index in [1.54, 1.807) is 36.2 Å². The van der Waals surface area contributed by atoms with E-state index in [0.717, 1.165) is 6.20 Å². The molecule has 1 aromatic heterocycles. The summed E-state index contributed by atoms with van der Waals surface area (Å²) in [5, 5.41) is 10.6. The Morgan fingerprint density at radius 2 is 1.89 bits per heavy atom. The number of rotatable bonds is 5. The third kappa shape index (κ3) is 5.66. The average molecular weight is 596 g/mol. The molecule has 3 aromatic rings. The highest BCUT2D eigenvalue weighted by atomic mass is 79.9. The number of hydrogen-bond donors (Lipinski definition) is 1. The summed E-state index contributed by atoms with van der Waals surface area (Å²) in [6.07, 6.45) is 2.22. The van der Waals surface area contributed by atoms with Gasteiger partial charge in [0.05, 0.1) is 21.4 Å². The van der Waals surface area contributed by atoms with Gasteiger partial charge in [-0.1, -0.05) is 17.7 Å². The first-order chi connectivity index (χ1) is 17.4. The highest BCUT2D eigenvalue weighted by Gasteiger charge is 2.26. The maximum Gasteiger partial charge on any atom is 0.227 e. The van der Waals surface area contributed by atoms with Crippen molar-refractivity contribution in [2.75, 3.05) is 4.90 Å². The molecule has 0 saturated heterocycles. The molecule has 4 rings (SSSR count). The Morgan fingerprint density at radius 3 is 2.59 bits per heavy atom. The van der Waals surface area contributed by atoms with E-state index in [0.29, 0.717) is 20.8 Å². The third-order valence-electron chi connectivity index (χ3n) is 5.72. The first-order valence-corrected chi connectivity index (χ1v) is 12.4. The molecule has 0 saturated carbocycles. The molecule has 11 heteroatoms. The topological polar surface area (TPSA) is 70.8 Å². The number of aliphatic imine (C=N–C) groups is 1. The Labute approximate surface area is 225 Å². The van der Waals surface area contributed by atoms with Gasteiger partial charge < -0.3 is 14.7 Å². The Kier molecular flexibility index (Phi) is 7.64. The van der Waals surface area contributed by atoms with Crippen LogP contribution in [0, 0.1) is 24.4 Å². The maximum atomic E-state index is 14.6. The van der Waals surface area contributed by atoms with Crippen molar-refractivity contribution in [2.45, 2.75) is 46.1 Å². The summed E-state index contributed by atoms with van der Waals surface area (Å²) in [5.74, 6) is -1.64. The SMILES string of the molecule is Cc1c(F)ccc(COC2=NC(C)N(c3cc(-c4nc(C(C)(C)O)ncc4F)ccc3Cl)C=C2Br)c1F. The molecule has 194 valence electrons. The van der Waals surface area contributed by atoms with Gasteiger partial charge in [-0.2, -0.15) is 0 Å². The molecule has 1 aliphatic heterocycles. The standard InChI is InChI=1S/C26H23BrClF3N4O2/c1-13-19(29)8-6-16(22(13)31)12-37-24-17(27)11-35(14(2)33-24)21-9-15(5-7-18(21)28)23-20(30)10-32-25(34-23)26(3,4)36/h5-11,14,36H,12H2,1-4H3. The Balaban J connectivity index is 1.61. The van der Waals surface area contributed by atoms with E-state index in [1.165, 1.54) is 32.9 Å². The molecule has 2 heterocycles. The molecule has 37 heavy (non-hydrogen) atoms. The number of halogens is 5. The summed E-state index contributed by atoms with van der Waals surface area (Å²) < 4.78 is 48.7. The largest absolute Gasteiger partial charge is 0.472 e. The van der Waals surface area contributed by atoms with Crippen molar-refractivity contribution in [3.8, 4) is 11.3 Å². The molecule has 1 aliphatic rings. The van der Waals surface area contributed by atoms with Gasteiger partial charge >= 0.3 is 0 Å². The molecule has 1 N–H and O–H groups in total. The number of anilines is 1. The number of ether oxygens (including phenoxy) is 1. The molecule has 0 bridgehead atoms. The van der Waals surface area contributed by atoms with Crippen LogP contribution in [0.25, 0.3) is 11.3 Å². The maximum absolute atomic E-state index is 14.6. The van der Waals surface area contributed by atoms with Gasteiger partial charge in [-0.15, -0.1) is 0 Å². The fourth-order valence-electron chi connectivity index (χ4n) is 3.65. The summed E-state index contributed by atoms with van der Waals surface area (Å²) in [6, 6.07) is 7.41. The third-order valence-corrected chi connectivity index (χ3v) is 6.58. The monoisotopic (exact) mass is 594 g/mol. The molecule has 0 aliphatic carbocycles. The van der Waals surface area contributed by atoms with Gasteiger partial charge in [0, 0.05) is 22.9 Å².